The molecule has 0 spiro atoms. The van der Waals surface area contributed by atoms with Crippen LogP contribution >= 0.6 is 11.3 Å². The Hall–Kier alpha value is -2.41. The third kappa shape index (κ3) is 2.41. The highest BCUT2D eigenvalue weighted by molar-refractivity contribution is 7.20. The van der Waals surface area contributed by atoms with E-state index in [1.807, 2.05) is 40.9 Å². The molecule has 2 bridgehead atoms. The Morgan fingerprint density at radius 1 is 1.16 bits per heavy atom. The zero-order chi connectivity index (χ0) is 17.0. The average Bonchev–Trinajstić information content (AvgIpc) is 3.26. The number of rotatable bonds is 2. The van der Waals surface area contributed by atoms with Crippen LogP contribution in [0, 0.1) is 0 Å². The maximum atomic E-state index is 12.2. The number of imidazole rings is 1. The Bertz CT molecular complexity index is 902. The lowest BCUT2D eigenvalue weighted by Crippen LogP contribution is -2.38. The molecular weight excluding hydrogens is 334 g/mol. The molecule has 128 valence electrons. The average molecular weight is 353 g/mol. The number of hydrogen-bond donors (Lipinski definition) is 0. The summed E-state index contributed by atoms with van der Waals surface area (Å²) >= 11 is 1.62. The Morgan fingerprint density at radius 2 is 1.96 bits per heavy atom. The zero-order valence-electron chi connectivity index (χ0n) is 14.0. The molecule has 0 aliphatic carbocycles. The van der Waals surface area contributed by atoms with Gasteiger partial charge in [0.1, 0.15) is 0 Å². The summed E-state index contributed by atoms with van der Waals surface area (Å²) in [4.78, 5) is 22.0. The van der Waals surface area contributed by atoms with Gasteiger partial charge >= 0.3 is 0 Å². The number of fused-ring (bicyclic) bond motifs is 3. The van der Waals surface area contributed by atoms with E-state index in [1.54, 1.807) is 11.3 Å². The highest BCUT2D eigenvalue weighted by Gasteiger charge is 2.41. The van der Waals surface area contributed by atoms with Gasteiger partial charge in [0.05, 0.1) is 11.9 Å². The minimum atomic E-state index is 0.241. The lowest BCUT2D eigenvalue weighted by Gasteiger charge is -2.26. The van der Waals surface area contributed by atoms with E-state index in [2.05, 4.69) is 17.0 Å². The van der Waals surface area contributed by atoms with Crippen LogP contribution in [0.2, 0.25) is 0 Å². The maximum Gasteiger partial charge on any atom is 0.224 e. The number of aromatic nitrogens is 3. The molecule has 7 heteroatoms. The quantitative estimate of drug-likeness (QED) is 0.711. The van der Waals surface area contributed by atoms with Gasteiger partial charge in [0.15, 0.2) is 0 Å². The van der Waals surface area contributed by atoms with Crippen molar-refractivity contribution in [1.29, 1.82) is 0 Å². The Balaban J connectivity index is 1.49. The van der Waals surface area contributed by atoms with Crippen LogP contribution in [0.5, 0.6) is 0 Å². The van der Waals surface area contributed by atoms with Crippen LogP contribution in [-0.4, -0.2) is 51.1 Å². The number of likely N-dealkylation sites (N-methyl/N-ethyl adjacent to an activating group) is 1. The summed E-state index contributed by atoms with van der Waals surface area (Å²) in [6.45, 7) is 0.784. The predicted molar refractivity (Wildman–Crippen MR) is 97.8 cm³/mol. The van der Waals surface area contributed by atoms with Crippen molar-refractivity contribution in [2.45, 2.75) is 31.3 Å². The van der Waals surface area contributed by atoms with Crippen molar-refractivity contribution < 1.29 is 4.79 Å². The molecule has 25 heavy (non-hydrogen) atoms. The molecule has 2 aliphatic heterocycles. The summed E-state index contributed by atoms with van der Waals surface area (Å²) in [5.41, 5.74) is 2.04. The van der Waals surface area contributed by atoms with Gasteiger partial charge in [0.2, 0.25) is 16.0 Å². The number of carbonyl (C=O) groups excluding carboxylic acids is 1. The highest BCUT2D eigenvalue weighted by atomic mass is 32.1. The Morgan fingerprint density at radius 3 is 2.76 bits per heavy atom. The summed E-state index contributed by atoms with van der Waals surface area (Å²) in [6.07, 6.45) is 4.77. The SMILES string of the molecule is CN1C[C@@H]2CC[C@H](CC1=O)N2c1nn2cc(-c3ccccc3)nc2s1. The molecule has 0 N–H and O–H groups in total. The fraction of sp³-hybridized carbons (Fsp3) is 0.389. The molecular formula is C18H19N5OS. The van der Waals surface area contributed by atoms with Crippen LogP contribution in [0.4, 0.5) is 5.13 Å². The van der Waals surface area contributed by atoms with E-state index in [0.717, 1.165) is 40.7 Å². The van der Waals surface area contributed by atoms with Gasteiger partial charge in [-0.05, 0) is 12.8 Å². The minimum Gasteiger partial charge on any atom is -0.344 e. The maximum absolute atomic E-state index is 12.2. The number of anilines is 1. The van der Waals surface area contributed by atoms with Crippen LogP contribution in [0.15, 0.2) is 36.5 Å². The molecule has 1 aromatic carbocycles. The van der Waals surface area contributed by atoms with E-state index < -0.39 is 0 Å². The van der Waals surface area contributed by atoms with Gasteiger partial charge in [-0.25, -0.2) is 9.50 Å². The lowest BCUT2D eigenvalue weighted by atomic mass is 10.1. The first kappa shape index (κ1) is 14.9. The van der Waals surface area contributed by atoms with Crippen molar-refractivity contribution >= 4 is 27.3 Å². The van der Waals surface area contributed by atoms with Crippen molar-refractivity contribution in [3.63, 3.8) is 0 Å². The molecule has 1 amide bonds. The van der Waals surface area contributed by atoms with Gasteiger partial charge < -0.3 is 9.80 Å². The first-order valence-electron chi connectivity index (χ1n) is 8.63. The summed E-state index contributed by atoms with van der Waals surface area (Å²) in [5.74, 6) is 0.241. The lowest BCUT2D eigenvalue weighted by molar-refractivity contribution is -0.129. The number of nitrogens with zero attached hydrogens (tertiary/aromatic N) is 5. The molecule has 2 fully saturated rings. The van der Waals surface area contributed by atoms with Crippen molar-refractivity contribution in [2.75, 3.05) is 18.5 Å². The monoisotopic (exact) mass is 353 g/mol. The second-order valence-electron chi connectivity index (χ2n) is 6.87. The smallest absolute Gasteiger partial charge is 0.224 e. The molecule has 5 rings (SSSR count). The van der Waals surface area contributed by atoms with Crippen LogP contribution in [0.1, 0.15) is 19.3 Å². The van der Waals surface area contributed by atoms with Crippen molar-refractivity contribution in [1.82, 2.24) is 19.5 Å². The molecule has 3 aromatic rings. The highest BCUT2D eigenvalue weighted by Crippen LogP contribution is 2.37. The Labute approximate surface area is 149 Å². The third-order valence-corrected chi connectivity index (χ3v) is 6.20. The van der Waals surface area contributed by atoms with E-state index in [0.29, 0.717) is 12.5 Å². The van der Waals surface area contributed by atoms with Gasteiger partial charge in [-0.1, -0.05) is 41.7 Å². The normalized spacial score (nSPS) is 23.5. The number of likely N-dealkylation sites (tertiary alicyclic amines) is 1. The molecule has 0 unspecified atom stereocenters. The molecule has 2 aromatic heterocycles. The van der Waals surface area contributed by atoms with E-state index in [4.69, 9.17) is 10.1 Å². The second-order valence-corrected chi connectivity index (χ2v) is 7.81. The first-order chi connectivity index (χ1) is 12.2. The summed E-state index contributed by atoms with van der Waals surface area (Å²) in [6, 6.07) is 10.8. The van der Waals surface area contributed by atoms with Crippen LogP contribution in [0.3, 0.4) is 0 Å². The number of hydrogen-bond acceptors (Lipinski definition) is 5. The van der Waals surface area contributed by atoms with Gasteiger partial charge in [-0.3, -0.25) is 4.79 Å². The molecule has 4 heterocycles. The van der Waals surface area contributed by atoms with Gasteiger partial charge in [-0.15, -0.1) is 5.10 Å². The summed E-state index contributed by atoms with van der Waals surface area (Å²) in [7, 11) is 1.90. The van der Waals surface area contributed by atoms with Crippen molar-refractivity contribution in [3.05, 3.63) is 36.5 Å². The van der Waals surface area contributed by atoms with Gasteiger partial charge in [-0.2, -0.15) is 0 Å². The molecule has 2 atom stereocenters. The third-order valence-electron chi connectivity index (χ3n) is 5.26. The minimum absolute atomic E-state index is 0.241. The van der Waals surface area contributed by atoms with Crippen LogP contribution in [0.25, 0.3) is 16.2 Å². The predicted octanol–water partition coefficient (Wildman–Crippen LogP) is 2.66. The fourth-order valence-corrected chi connectivity index (χ4v) is 5.00. The second kappa shape index (κ2) is 5.56. The van der Waals surface area contributed by atoms with E-state index >= 15 is 0 Å². The molecule has 6 nitrogen and oxygen atoms in total. The molecule has 2 aliphatic rings. The Kier molecular flexibility index (Phi) is 3.31. The van der Waals surface area contributed by atoms with Gasteiger partial charge in [0.25, 0.3) is 0 Å². The topological polar surface area (TPSA) is 53.7 Å². The van der Waals surface area contributed by atoms with Crippen molar-refractivity contribution in [2.24, 2.45) is 0 Å². The standard InChI is InChI=1S/C18H19N5OS/c1-21-10-14-8-7-13(9-16(21)24)23(14)18-20-22-11-15(19-17(22)25-18)12-5-3-2-4-6-12/h2-6,11,13-14H,7-10H2,1H3/t13-,14+/m1/s1. The summed E-state index contributed by atoms with van der Waals surface area (Å²) in [5, 5.41) is 5.77. The number of benzene rings is 1. The van der Waals surface area contributed by atoms with Crippen molar-refractivity contribution in [3.8, 4) is 11.3 Å². The molecule has 0 radical (unpaired) electrons. The van der Waals surface area contributed by atoms with E-state index in [9.17, 15) is 4.79 Å². The van der Waals surface area contributed by atoms with Crippen LogP contribution < -0.4 is 4.90 Å². The largest absolute Gasteiger partial charge is 0.344 e. The number of amides is 1. The van der Waals surface area contributed by atoms with E-state index in [-0.39, 0.29) is 11.9 Å². The number of carbonyl (C=O) groups is 1. The van der Waals surface area contributed by atoms with E-state index in [1.165, 1.54) is 0 Å². The zero-order valence-corrected chi connectivity index (χ0v) is 14.8. The fourth-order valence-electron chi connectivity index (χ4n) is 3.97. The van der Waals surface area contributed by atoms with Gasteiger partial charge in [0, 0.05) is 37.7 Å². The van der Waals surface area contributed by atoms with Crippen LogP contribution in [-0.2, 0) is 4.79 Å². The molecule has 0 saturated carbocycles. The summed E-state index contributed by atoms with van der Waals surface area (Å²) < 4.78 is 1.87. The first-order valence-corrected chi connectivity index (χ1v) is 9.44. The molecule has 2 saturated heterocycles.